The molecule has 8 rings (SSSR count). The number of nitrogens with two attached hydrogens (primary N) is 1. The van der Waals surface area contributed by atoms with E-state index in [0.717, 1.165) is 61.4 Å². The van der Waals surface area contributed by atoms with Crippen molar-refractivity contribution in [2.75, 3.05) is 11.1 Å². The minimum Gasteiger partial charge on any atom is -0.368 e. The van der Waals surface area contributed by atoms with Crippen LogP contribution in [0.15, 0.2) is 48.5 Å². The molecule has 4 aliphatic rings. The van der Waals surface area contributed by atoms with Gasteiger partial charge in [0.2, 0.25) is 11.9 Å². The quantitative estimate of drug-likeness (QED) is 0.281. The van der Waals surface area contributed by atoms with Crippen molar-refractivity contribution in [1.82, 2.24) is 30.3 Å². The van der Waals surface area contributed by atoms with Gasteiger partial charge in [-0.1, -0.05) is 36.8 Å². The van der Waals surface area contributed by atoms with Crippen molar-refractivity contribution in [3.05, 3.63) is 70.8 Å². The molecule has 2 saturated carbocycles. The second kappa shape index (κ2) is 10.2. The van der Waals surface area contributed by atoms with E-state index < -0.39 is 0 Å². The predicted molar refractivity (Wildman–Crippen MR) is 161 cm³/mol. The van der Waals surface area contributed by atoms with Crippen molar-refractivity contribution >= 4 is 17.6 Å². The minimum atomic E-state index is 0.292. The van der Waals surface area contributed by atoms with Crippen LogP contribution in [0.1, 0.15) is 67.2 Å². The van der Waals surface area contributed by atoms with Crippen LogP contribution in [0.2, 0.25) is 0 Å². The molecule has 210 valence electrons. The second-order valence-corrected chi connectivity index (χ2v) is 12.6. The van der Waals surface area contributed by atoms with Gasteiger partial charge < -0.3 is 16.4 Å². The highest BCUT2D eigenvalue weighted by atomic mass is 15.4. The minimum absolute atomic E-state index is 0.292. The van der Waals surface area contributed by atoms with Crippen molar-refractivity contribution < 1.29 is 0 Å². The number of hydrogen-bond donors (Lipinski definition) is 3. The highest BCUT2D eigenvalue weighted by Crippen LogP contribution is 2.45. The summed E-state index contributed by atoms with van der Waals surface area (Å²) in [6.45, 7) is 0. The maximum absolute atomic E-state index is 6.32. The fraction of sp³-hybridized carbons (Fsp3) is 0.455. The third-order valence-corrected chi connectivity index (χ3v) is 10.0. The van der Waals surface area contributed by atoms with E-state index in [4.69, 9.17) is 5.73 Å². The van der Waals surface area contributed by atoms with Gasteiger partial charge >= 0.3 is 0 Å². The number of rotatable bonds is 5. The van der Waals surface area contributed by atoms with E-state index in [-0.39, 0.29) is 0 Å². The van der Waals surface area contributed by atoms with Crippen LogP contribution in [0.25, 0.3) is 17.1 Å². The zero-order valence-corrected chi connectivity index (χ0v) is 23.5. The number of nitrogens with zero attached hydrogens (tertiary/aromatic N) is 5. The van der Waals surface area contributed by atoms with E-state index in [1.165, 1.54) is 66.3 Å². The summed E-state index contributed by atoms with van der Waals surface area (Å²) in [6.07, 6.45) is 13.5. The number of benzene rings is 2. The maximum Gasteiger partial charge on any atom is 0.248 e. The molecule has 0 amide bonds. The third-order valence-electron chi connectivity index (χ3n) is 10.0. The first-order valence-electron chi connectivity index (χ1n) is 15.5. The Bertz CT molecular complexity index is 1590. The SMILES string of the molecule is Nc1nc(Nc2ccc3c(c2)CCC(NC2CC4CCC2C4)CC3)nn1-c1cc2c(nn1)-c1ccccc1CCC2. The summed E-state index contributed by atoms with van der Waals surface area (Å²) in [7, 11) is 0. The summed E-state index contributed by atoms with van der Waals surface area (Å²) in [6, 6.07) is 18.6. The smallest absolute Gasteiger partial charge is 0.248 e. The molecule has 4 unspecified atom stereocenters. The molecule has 2 aromatic heterocycles. The van der Waals surface area contributed by atoms with Crippen molar-refractivity contribution in [2.24, 2.45) is 11.8 Å². The van der Waals surface area contributed by atoms with Crippen LogP contribution in [0.5, 0.6) is 0 Å². The van der Waals surface area contributed by atoms with Crippen molar-refractivity contribution in [1.29, 1.82) is 0 Å². The van der Waals surface area contributed by atoms with Crippen LogP contribution in [-0.4, -0.2) is 37.0 Å². The van der Waals surface area contributed by atoms with Crippen LogP contribution in [0.3, 0.4) is 0 Å². The molecule has 2 bridgehead atoms. The van der Waals surface area contributed by atoms with E-state index in [9.17, 15) is 0 Å². The summed E-state index contributed by atoms with van der Waals surface area (Å²) in [5.41, 5.74) is 14.8. The molecule has 0 saturated heterocycles. The van der Waals surface area contributed by atoms with E-state index in [0.29, 0.717) is 23.8 Å². The predicted octanol–water partition coefficient (Wildman–Crippen LogP) is 5.56. The van der Waals surface area contributed by atoms with Crippen LogP contribution in [0.4, 0.5) is 17.6 Å². The molecule has 4 aromatic rings. The van der Waals surface area contributed by atoms with Gasteiger partial charge in [-0.2, -0.15) is 9.67 Å². The Morgan fingerprint density at radius 2 is 1.68 bits per heavy atom. The highest BCUT2D eigenvalue weighted by molar-refractivity contribution is 5.68. The van der Waals surface area contributed by atoms with Crippen molar-refractivity contribution in [3.8, 4) is 17.1 Å². The molecule has 2 heterocycles. The van der Waals surface area contributed by atoms with E-state index in [1.54, 1.807) is 4.68 Å². The van der Waals surface area contributed by atoms with Gasteiger partial charge in [-0.3, -0.25) is 0 Å². The third kappa shape index (κ3) is 4.78. The van der Waals surface area contributed by atoms with Crippen molar-refractivity contribution in [2.45, 2.75) is 82.7 Å². The van der Waals surface area contributed by atoms with Gasteiger partial charge in [0, 0.05) is 23.3 Å². The van der Waals surface area contributed by atoms with Gasteiger partial charge in [0.05, 0.1) is 5.69 Å². The number of anilines is 3. The van der Waals surface area contributed by atoms with E-state index in [2.05, 4.69) is 79.4 Å². The van der Waals surface area contributed by atoms with Crippen LogP contribution < -0.4 is 16.4 Å². The summed E-state index contributed by atoms with van der Waals surface area (Å²) >= 11 is 0. The first-order chi connectivity index (χ1) is 20.2. The van der Waals surface area contributed by atoms with Gasteiger partial charge in [0.25, 0.3) is 0 Å². The van der Waals surface area contributed by atoms with E-state index >= 15 is 0 Å². The zero-order chi connectivity index (χ0) is 27.3. The molecule has 8 heteroatoms. The van der Waals surface area contributed by atoms with Gasteiger partial charge in [0.1, 0.15) is 0 Å². The van der Waals surface area contributed by atoms with E-state index in [1.807, 2.05) is 0 Å². The molecule has 0 radical (unpaired) electrons. The fourth-order valence-electron chi connectivity index (χ4n) is 7.96. The number of nitrogen functional groups attached to an aromatic ring is 1. The molecule has 0 spiro atoms. The van der Waals surface area contributed by atoms with Crippen LogP contribution in [-0.2, 0) is 25.7 Å². The Morgan fingerprint density at radius 1 is 0.805 bits per heavy atom. The van der Waals surface area contributed by atoms with Crippen molar-refractivity contribution in [3.63, 3.8) is 0 Å². The molecular formula is C33H38N8. The lowest BCUT2D eigenvalue weighted by atomic mass is 9.94. The van der Waals surface area contributed by atoms with Gasteiger partial charge in [-0.15, -0.1) is 15.3 Å². The number of fused-ring (bicyclic) bond motifs is 6. The Kier molecular flexibility index (Phi) is 6.24. The summed E-state index contributed by atoms with van der Waals surface area (Å²) in [5.74, 6) is 3.27. The van der Waals surface area contributed by atoms with Gasteiger partial charge in [-0.25, -0.2) is 0 Å². The molecular weight excluding hydrogens is 508 g/mol. The number of hydrogen-bond acceptors (Lipinski definition) is 7. The van der Waals surface area contributed by atoms with Gasteiger partial charge in [-0.05, 0) is 116 Å². The standard InChI is InChI=1S/C33H38N8/c34-32-37-33(40-41(32)30-19-25-6-3-5-22-4-1-2-7-28(22)31(25)39-38-30)36-27-15-11-21-10-13-26(14-12-23(21)18-27)35-29-17-20-8-9-24(29)16-20/h1-2,4,7,11,15,18-20,24,26,29,35H,3,5-6,8-10,12-14,16-17H2,(H3,34,36,37,40). The topological polar surface area (TPSA) is 107 Å². The zero-order valence-electron chi connectivity index (χ0n) is 23.5. The molecule has 4 aliphatic carbocycles. The van der Waals surface area contributed by atoms with Crippen LogP contribution in [0, 0.1) is 11.8 Å². The largest absolute Gasteiger partial charge is 0.368 e. The Hall–Kier alpha value is -3.78. The Morgan fingerprint density at radius 3 is 2.56 bits per heavy atom. The lowest BCUT2D eigenvalue weighted by molar-refractivity contribution is 0.304. The number of nitrogens with one attached hydrogen (secondary N) is 2. The maximum atomic E-state index is 6.32. The van der Waals surface area contributed by atoms with Gasteiger partial charge in [0.15, 0.2) is 5.82 Å². The molecule has 41 heavy (non-hydrogen) atoms. The van der Waals surface area contributed by atoms with Crippen LogP contribution >= 0.6 is 0 Å². The molecule has 4 N–H and O–H groups in total. The number of aromatic nitrogens is 5. The Labute approximate surface area is 241 Å². The highest BCUT2D eigenvalue weighted by Gasteiger charge is 2.40. The normalized spacial score (nSPS) is 24.7. The second-order valence-electron chi connectivity index (χ2n) is 12.6. The molecule has 4 atom stereocenters. The number of aryl methyl sites for hydroxylation is 4. The average Bonchev–Trinajstić information content (AvgIpc) is 3.63. The fourth-order valence-corrected chi connectivity index (χ4v) is 7.96. The lowest BCUT2D eigenvalue weighted by Gasteiger charge is -2.28. The summed E-state index contributed by atoms with van der Waals surface area (Å²) in [4.78, 5) is 4.51. The molecule has 2 fully saturated rings. The summed E-state index contributed by atoms with van der Waals surface area (Å²) in [5, 5.41) is 21.2. The lowest BCUT2D eigenvalue weighted by Crippen LogP contribution is -2.41. The molecule has 2 aromatic carbocycles. The Balaban J connectivity index is 0.973. The average molecular weight is 547 g/mol. The molecule has 8 nitrogen and oxygen atoms in total. The monoisotopic (exact) mass is 546 g/mol. The first-order valence-corrected chi connectivity index (χ1v) is 15.5. The molecule has 0 aliphatic heterocycles. The first kappa shape index (κ1) is 25.0. The summed E-state index contributed by atoms with van der Waals surface area (Å²) < 4.78 is 1.59.